The molecule has 0 radical (unpaired) electrons. The van der Waals surface area contributed by atoms with Crippen molar-refractivity contribution in [2.75, 3.05) is 0 Å². The highest BCUT2D eigenvalue weighted by atomic mass is 16.5. The smallest absolute Gasteiger partial charge is 0.328 e. The summed E-state index contributed by atoms with van der Waals surface area (Å²) in [4.78, 5) is 65.1. The highest BCUT2D eigenvalue weighted by Gasteiger charge is 2.18. The minimum absolute atomic E-state index is 0.0502. The number of H-pyrrole nitrogens is 2. The molecule has 10 heteroatoms. The molecule has 2 heterocycles. The van der Waals surface area contributed by atoms with Gasteiger partial charge in [-0.15, -0.1) is 0 Å². The zero-order chi connectivity index (χ0) is 28.6. The first-order chi connectivity index (χ1) is 18.7. The summed E-state index contributed by atoms with van der Waals surface area (Å²) >= 11 is 0. The molecule has 0 saturated carbocycles. The summed E-state index contributed by atoms with van der Waals surface area (Å²) in [5, 5.41) is 0. The number of nitrogens with zero attached hydrogens (tertiary/aromatic N) is 2. The first kappa shape index (κ1) is 32.0. The molecule has 0 spiro atoms. The first-order valence-electron chi connectivity index (χ1n) is 14.5. The van der Waals surface area contributed by atoms with Gasteiger partial charge in [-0.05, 0) is 20.3 Å². The minimum Gasteiger partial charge on any atom is -0.459 e. The van der Waals surface area contributed by atoms with Crippen molar-refractivity contribution in [3.63, 3.8) is 0 Å². The largest absolute Gasteiger partial charge is 0.459 e. The number of aromatic amines is 2. The molecular weight excluding hydrogens is 500 g/mol. The number of esters is 1. The van der Waals surface area contributed by atoms with Gasteiger partial charge in [0, 0.05) is 29.9 Å². The predicted molar refractivity (Wildman–Crippen MR) is 152 cm³/mol. The Kier molecular flexibility index (Phi) is 14.3. The normalized spacial score (nSPS) is 11.3. The fourth-order valence-electron chi connectivity index (χ4n) is 4.61. The van der Waals surface area contributed by atoms with Crippen LogP contribution in [0.3, 0.4) is 0 Å². The number of aromatic nitrogens is 4. The van der Waals surface area contributed by atoms with E-state index in [4.69, 9.17) is 4.74 Å². The number of carbonyl (C=O) groups is 1. The van der Waals surface area contributed by atoms with E-state index in [2.05, 4.69) is 16.9 Å². The van der Waals surface area contributed by atoms with Crippen LogP contribution in [-0.4, -0.2) is 31.2 Å². The van der Waals surface area contributed by atoms with E-state index >= 15 is 0 Å². The second kappa shape index (κ2) is 17.4. The second-order valence-corrected chi connectivity index (χ2v) is 10.6. The lowest BCUT2D eigenvalue weighted by Crippen LogP contribution is -2.39. The Morgan fingerprint density at radius 1 is 0.692 bits per heavy atom. The van der Waals surface area contributed by atoms with E-state index in [1.807, 2.05) is 0 Å². The van der Waals surface area contributed by atoms with Crippen LogP contribution in [0.2, 0.25) is 0 Å². The molecule has 0 amide bonds. The fraction of sp³-hybridized carbons (Fsp3) is 0.690. The molecule has 218 valence electrons. The highest BCUT2D eigenvalue weighted by Crippen LogP contribution is 2.13. The van der Waals surface area contributed by atoms with Crippen LogP contribution in [0.5, 0.6) is 0 Å². The maximum Gasteiger partial charge on any atom is 0.328 e. The Bertz CT molecular complexity index is 1180. The third-order valence-electron chi connectivity index (χ3n) is 6.96. The minimum atomic E-state index is -0.856. The third kappa shape index (κ3) is 12.0. The molecule has 0 aliphatic heterocycles. The maximum atomic E-state index is 12.6. The summed E-state index contributed by atoms with van der Waals surface area (Å²) in [6.45, 7) is 5.28. The third-order valence-corrected chi connectivity index (χ3v) is 6.96. The van der Waals surface area contributed by atoms with Crippen LogP contribution >= 0.6 is 0 Å². The van der Waals surface area contributed by atoms with E-state index in [1.54, 1.807) is 13.8 Å². The summed E-state index contributed by atoms with van der Waals surface area (Å²) in [6.07, 6.45) is 17.9. The number of aryl methyl sites for hydroxylation is 2. The van der Waals surface area contributed by atoms with Crippen molar-refractivity contribution in [1.82, 2.24) is 19.1 Å². The second-order valence-electron chi connectivity index (χ2n) is 10.6. The molecule has 0 unspecified atom stereocenters. The van der Waals surface area contributed by atoms with Gasteiger partial charge in [0.1, 0.15) is 6.10 Å². The number of rotatable bonds is 19. The van der Waals surface area contributed by atoms with Gasteiger partial charge in [-0.2, -0.15) is 0 Å². The summed E-state index contributed by atoms with van der Waals surface area (Å²) in [5.74, 6) is -0.411. The van der Waals surface area contributed by atoms with Gasteiger partial charge in [0.2, 0.25) is 0 Å². The van der Waals surface area contributed by atoms with Gasteiger partial charge in [0.25, 0.3) is 11.1 Å². The zero-order valence-corrected chi connectivity index (χ0v) is 23.9. The summed E-state index contributed by atoms with van der Waals surface area (Å²) in [6, 6.07) is 0. The van der Waals surface area contributed by atoms with E-state index in [-0.39, 0.29) is 19.5 Å². The quantitative estimate of drug-likeness (QED) is 0.201. The van der Waals surface area contributed by atoms with E-state index in [1.165, 1.54) is 79.3 Å². The van der Waals surface area contributed by atoms with Crippen LogP contribution in [0.1, 0.15) is 108 Å². The van der Waals surface area contributed by atoms with Crippen LogP contribution in [0.4, 0.5) is 0 Å². The van der Waals surface area contributed by atoms with Crippen molar-refractivity contribution in [2.45, 2.75) is 130 Å². The molecule has 0 atom stereocenters. The van der Waals surface area contributed by atoms with Gasteiger partial charge < -0.3 is 4.74 Å². The fourth-order valence-corrected chi connectivity index (χ4v) is 4.61. The molecule has 0 aromatic carbocycles. The highest BCUT2D eigenvalue weighted by molar-refractivity contribution is 5.69. The molecule has 39 heavy (non-hydrogen) atoms. The summed E-state index contributed by atoms with van der Waals surface area (Å²) in [7, 11) is 0. The number of carbonyl (C=O) groups excluding carboxylic acids is 1. The van der Waals surface area contributed by atoms with Crippen LogP contribution in [-0.2, 0) is 22.6 Å². The van der Waals surface area contributed by atoms with E-state index in [0.29, 0.717) is 17.5 Å². The molecule has 0 aliphatic carbocycles. The lowest BCUT2D eigenvalue weighted by atomic mass is 10.0. The Morgan fingerprint density at radius 2 is 1.08 bits per heavy atom. The maximum absolute atomic E-state index is 12.6. The Hall–Kier alpha value is -3.17. The molecule has 2 rings (SSSR count). The average molecular weight is 547 g/mol. The summed E-state index contributed by atoms with van der Waals surface area (Å²) < 4.78 is 8.18. The lowest BCUT2D eigenvalue weighted by molar-refractivity contribution is -0.150. The molecule has 0 saturated heterocycles. The van der Waals surface area contributed by atoms with Crippen LogP contribution < -0.4 is 22.5 Å². The van der Waals surface area contributed by atoms with Gasteiger partial charge in [-0.25, -0.2) is 9.59 Å². The summed E-state index contributed by atoms with van der Waals surface area (Å²) in [5.41, 5.74) is -1.56. The Morgan fingerprint density at radius 3 is 1.49 bits per heavy atom. The van der Waals surface area contributed by atoms with E-state index in [9.17, 15) is 24.0 Å². The van der Waals surface area contributed by atoms with Crippen molar-refractivity contribution in [2.24, 2.45) is 0 Å². The number of unbranched alkanes of at least 4 members (excludes halogenated alkanes) is 12. The van der Waals surface area contributed by atoms with Crippen LogP contribution in [0.15, 0.2) is 31.6 Å². The number of nitrogens with one attached hydrogen (secondary N) is 2. The van der Waals surface area contributed by atoms with Crippen molar-refractivity contribution < 1.29 is 9.53 Å². The van der Waals surface area contributed by atoms with Gasteiger partial charge in [0.15, 0.2) is 0 Å². The van der Waals surface area contributed by atoms with Gasteiger partial charge in [0.05, 0.1) is 13.1 Å². The van der Waals surface area contributed by atoms with Crippen LogP contribution in [0, 0.1) is 13.8 Å². The van der Waals surface area contributed by atoms with Crippen molar-refractivity contribution >= 4 is 5.97 Å². The van der Waals surface area contributed by atoms with E-state index in [0.717, 1.165) is 19.3 Å². The van der Waals surface area contributed by atoms with Crippen molar-refractivity contribution in [1.29, 1.82) is 0 Å². The van der Waals surface area contributed by atoms with Crippen molar-refractivity contribution in [3.8, 4) is 0 Å². The van der Waals surface area contributed by atoms with E-state index < -0.39 is 34.6 Å². The Labute approximate surface area is 229 Å². The molecule has 2 N–H and O–H groups in total. The average Bonchev–Trinajstić information content (AvgIpc) is 2.88. The first-order valence-corrected chi connectivity index (χ1v) is 14.5. The monoisotopic (exact) mass is 546 g/mol. The van der Waals surface area contributed by atoms with Gasteiger partial charge in [-0.1, -0.05) is 84.0 Å². The topological polar surface area (TPSA) is 136 Å². The Balaban J connectivity index is 1.82. The molecule has 0 bridgehead atoms. The number of hydrogen-bond donors (Lipinski definition) is 2. The molecule has 2 aromatic heterocycles. The van der Waals surface area contributed by atoms with Crippen LogP contribution in [0.25, 0.3) is 0 Å². The molecular formula is C29H46N4O6. The lowest BCUT2D eigenvalue weighted by Gasteiger charge is -2.20. The molecule has 0 aliphatic rings. The standard InChI is InChI=1S/C29H46N4O6/c1-4-5-6-7-8-9-10-11-12-13-14-15-16-17-25(34)39-24(20-32-18-22(2)26(35)30-28(32)37)21-33-19-23(3)27(36)31-29(33)38/h18-19,24H,4-17,20-21H2,1-3H3,(H,30,35,37)(H,31,36,38). The predicted octanol–water partition coefficient (Wildman–Crippen LogP) is 4.10. The van der Waals surface area contributed by atoms with Gasteiger partial charge >= 0.3 is 17.3 Å². The molecule has 2 aromatic rings. The number of ether oxygens (including phenoxy) is 1. The van der Waals surface area contributed by atoms with Gasteiger partial charge in [-0.3, -0.25) is 33.5 Å². The SMILES string of the molecule is CCCCCCCCCCCCCCCC(=O)OC(Cn1cc(C)c(=O)[nH]c1=O)Cn1cc(C)c(=O)[nH]c1=O. The molecule has 0 fully saturated rings. The number of hydrogen-bond acceptors (Lipinski definition) is 6. The van der Waals surface area contributed by atoms with Crippen molar-refractivity contribution in [3.05, 3.63) is 65.2 Å². The molecule has 10 nitrogen and oxygen atoms in total. The zero-order valence-electron chi connectivity index (χ0n) is 23.9.